The predicted molar refractivity (Wildman–Crippen MR) is 212 cm³/mol. The summed E-state index contributed by atoms with van der Waals surface area (Å²) in [5.41, 5.74) is -1.90. The van der Waals surface area contributed by atoms with Crippen LogP contribution < -0.4 is 0 Å². The highest BCUT2D eigenvalue weighted by molar-refractivity contribution is 5.02. The minimum atomic E-state index is -4.32. The molecule has 0 aliphatic carbocycles. The maximum Gasteiger partial charge on any atom is 0.390 e. The van der Waals surface area contributed by atoms with Crippen LogP contribution in [0.4, 0.5) is 26.3 Å². The van der Waals surface area contributed by atoms with Crippen LogP contribution in [0.3, 0.4) is 0 Å². The zero-order chi connectivity index (χ0) is 42.2. The van der Waals surface area contributed by atoms with Crippen LogP contribution in [-0.4, -0.2) is 152 Å². The number of alkyl halides is 6. The van der Waals surface area contributed by atoms with Gasteiger partial charge in [-0.2, -0.15) is 31.6 Å². The molecule has 3 rings (SSSR count). The second-order valence-electron chi connectivity index (χ2n) is 21.5. The van der Waals surface area contributed by atoms with Crippen molar-refractivity contribution in [2.24, 2.45) is 0 Å². The Morgan fingerprint density at radius 3 is 1.11 bits per heavy atom. The first-order chi connectivity index (χ1) is 24.7. The molecule has 0 radical (unpaired) electrons. The van der Waals surface area contributed by atoms with Gasteiger partial charge in [-0.3, -0.25) is 29.4 Å². The Hall–Kier alpha value is -1.17. The molecule has 0 saturated carbocycles. The lowest BCUT2D eigenvalue weighted by atomic mass is 9.83. The number of halogens is 6. The first-order valence-electron chi connectivity index (χ1n) is 20.7. The molecule has 0 spiro atoms. The molecule has 7 nitrogen and oxygen atoms in total. The molecule has 3 fully saturated rings. The summed E-state index contributed by atoms with van der Waals surface area (Å²) in [5, 5.41) is 9.59. The molecule has 0 aromatic carbocycles. The Morgan fingerprint density at radius 2 is 0.764 bits per heavy atom. The van der Waals surface area contributed by atoms with E-state index in [2.05, 4.69) is 92.9 Å². The summed E-state index contributed by atoms with van der Waals surface area (Å²) in [5.74, 6) is 0. The van der Waals surface area contributed by atoms with Crippen molar-refractivity contribution in [2.75, 3.05) is 58.9 Å². The van der Waals surface area contributed by atoms with Gasteiger partial charge in [0.05, 0.1) is 25.3 Å². The van der Waals surface area contributed by atoms with E-state index < -0.39 is 53.9 Å². The lowest BCUT2D eigenvalue weighted by Crippen LogP contribution is -2.66. The maximum atomic E-state index is 14.3. The highest BCUT2D eigenvalue weighted by atomic mass is 19.4. The topological polar surface area (TPSA) is 43.2 Å². The van der Waals surface area contributed by atoms with Crippen LogP contribution >= 0.6 is 0 Å². The van der Waals surface area contributed by atoms with Crippen LogP contribution in [0.25, 0.3) is 0 Å². The average molecular weight is 794 g/mol. The number of nitriles is 1. The lowest BCUT2D eigenvalue weighted by molar-refractivity contribution is -0.164. The molecule has 0 bridgehead atoms. The molecule has 3 aliphatic rings. The van der Waals surface area contributed by atoms with Gasteiger partial charge in [-0.25, -0.2) is 0 Å². The second kappa shape index (κ2) is 17.2. The molecule has 3 heterocycles. The fourth-order valence-corrected chi connectivity index (χ4v) is 9.74. The standard InChI is InChI=1S/C42H77F6N7/c1-35(2,3)50-21-25-54(33(30-50)27-41(43,44)45)39(11,12)19-17-38(9,10)52-23-26-55(34(31-52)28-42(46,47)48)40(13,14)18-16-37(7,8)51-22-24-53(36(4,5)6)32(29-51)15-20-49/h32-34H,15-19,21-31H2,1-14H3/t32-,33+,34?/m0/s1. The Bertz CT molecular complexity index is 1270. The van der Waals surface area contributed by atoms with Gasteiger partial charge in [-0.1, -0.05) is 0 Å². The number of piperazine rings is 3. The van der Waals surface area contributed by atoms with E-state index in [4.69, 9.17) is 0 Å². The average Bonchev–Trinajstić information content (AvgIpc) is 3.00. The summed E-state index contributed by atoms with van der Waals surface area (Å²) >= 11 is 0. The van der Waals surface area contributed by atoms with Gasteiger partial charge in [0.25, 0.3) is 0 Å². The number of rotatable bonds is 13. The molecule has 3 aliphatic heterocycles. The van der Waals surface area contributed by atoms with Gasteiger partial charge >= 0.3 is 12.4 Å². The third-order valence-corrected chi connectivity index (χ3v) is 13.5. The van der Waals surface area contributed by atoms with Crippen molar-refractivity contribution in [3.63, 3.8) is 0 Å². The van der Waals surface area contributed by atoms with Crippen LogP contribution in [0.2, 0.25) is 0 Å². The van der Waals surface area contributed by atoms with Gasteiger partial charge in [0.15, 0.2) is 0 Å². The SMILES string of the molecule is CC(C)(C)N1CCN(C(C)(C)CCC(C)(C)N2CCN(C(C)(C)CCC(C)(C)N3CCN(C(C)(C)C)[C@@H](CC#N)C3)C(CC(F)(F)F)C2)[C@H](CC(F)(F)F)C1. The van der Waals surface area contributed by atoms with E-state index in [1.54, 1.807) is 0 Å². The smallest absolute Gasteiger partial charge is 0.296 e. The molecular weight excluding hydrogens is 716 g/mol. The van der Waals surface area contributed by atoms with Crippen LogP contribution in [0.15, 0.2) is 0 Å². The molecular formula is C42H77F6N7. The second-order valence-corrected chi connectivity index (χ2v) is 21.5. The van der Waals surface area contributed by atoms with Crippen molar-refractivity contribution in [3.8, 4) is 6.07 Å². The van der Waals surface area contributed by atoms with Crippen molar-refractivity contribution < 1.29 is 26.3 Å². The third-order valence-electron chi connectivity index (χ3n) is 13.5. The Labute approximate surface area is 331 Å². The normalized spacial score (nSPS) is 25.4. The highest BCUT2D eigenvalue weighted by Crippen LogP contribution is 2.40. The van der Waals surface area contributed by atoms with Crippen molar-refractivity contribution in [1.29, 1.82) is 5.26 Å². The molecule has 13 heteroatoms. The van der Waals surface area contributed by atoms with E-state index in [0.717, 1.165) is 32.5 Å². The minimum Gasteiger partial charge on any atom is -0.296 e. The third kappa shape index (κ3) is 13.4. The van der Waals surface area contributed by atoms with Crippen LogP contribution in [0, 0.1) is 11.3 Å². The monoisotopic (exact) mass is 794 g/mol. The van der Waals surface area contributed by atoms with E-state index in [0.29, 0.717) is 52.0 Å². The first-order valence-corrected chi connectivity index (χ1v) is 20.7. The van der Waals surface area contributed by atoms with E-state index in [1.165, 1.54) is 0 Å². The van der Waals surface area contributed by atoms with Crippen molar-refractivity contribution >= 4 is 0 Å². The van der Waals surface area contributed by atoms with Gasteiger partial charge < -0.3 is 0 Å². The Morgan fingerprint density at radius 1 is 0.436 bits per heavy atom. The summed E-state index contributed by atoms with van der Waals surface area (Å²) in [4.78, 5) is 13.4. The summed E-state index contributed by atoms with van der Waals surface area (Å²) in [7, 11) is 0. The minimum absolute atomic E-state index is 0.0400. The summed E-state index contributed by atoms with van der Waals surface area (Å²) in [6, 6.07) is 1.14. The largest absolute Gasteiger partial charge is 0.390 e. The van der Waals surface area contributed by atoms with Gasteiger partial charge in [-0.15, -0.1) is 0 Å². The zero-order valence-electron chi connectivity index (χ0n) is 36.9. The molecule has 0 amide bonds. The molecule has 3 saturated heterocycles. The van der Waals surface area contributed by atoms with Crippen molar-refractivity contribution in [1.82, 2.24) is 29.4 Å². The van der Waals surface area contributed by atoms with Gasteiger partial charge in [0.2, 0.25) is 0 Å². The van der Waals surface area contributed by atoms with Gasteiger partial charge in [0, 0.05) is 110 Å². The molecule has 322 valence electrons. The quantitative estimate of drug-likeness (QED) is 0.173. The summed E-state index contributed by atoms with van der Waals surface area (Å²) in [6.45, 7) is 35.1. The van der Waals surface area contributed by atoms with E-state index >= 15 is 0 Å². The van der Waals surface area contributed by atoms with Gasteiger partial charge in [-0.05, 0) is 123 Å². The maximum absolute atomic E-state index is 14.3. The van der Waals surface area contributed by atoms with Crippen molar-refractivity contribution in [2.45, 2.75) is 206 Å². The molecule has 0 N–H and O–H groups in total. The number of nitrogens with zero attached hydrogens (tertiary/aromatic N) is 7. The summed E-state index contributed by atoms with van der Waals surface area (Å²) in [6.07, 6.45) is -7.06. The fourth-order valence-electron chi connectivity index (χ4n) is 9.74. The van der Waals surface area contributed by atoms with Crippen LogP contribution in [0.1, 0.15) is 142 Å². The van der Waals surface area contributed by atoms with E-state index in [9.17, 15) is 31.6 Å². The Kier molecular flexibility index (Phi) is 15.1. The van der Waals surface area contributed by atoms with E-state index in [-0.39, 0.29) is 29.2 Å². The molecule has 0 aromatic rings. The summed E-state index contributed by atoms with van der Waals surface area (Å²) < 4.78 is 84.3. The highest BCUT2D eigenvalue weighted by Gasteiger charge is 2.48. The lowest BCUT2D eigenvalue weighted by Gasteiger charge is -2.55. The van der Waals surface area contributed by atoms with Crippen molar-refractivity contribution in [3.05, 3.63) is 0 Å². The van der Waals surface area contributed by atoms with E-state index in [1.807, 2.05) is 39.5 Å². The predicted octanol–water partition coefficient (Wildman–Crippen LogP) is 9.04. The van der Waals surface area contributed by atoms with Crippen LogP contribution in [-0.2, 0) is 0 Å². The Balaban J connectivity index is 1.72. The molecule has 55 heavy (non-hydrogen) atoms. The number of hydrogen-bond donors (Lipinski definition) is 0. The molecule has 0 aromatic heterocycles. The first kappa shape index (κ1) is 48.2. The van der Waals surface area contributed by atoms with Crippen LogP contribution in [0.5, 0.6) is 0 Å². The molecule has 1 unspecified atom stereocenters. The zero-order valence-corrected chi connectivity index (χ0v) is 36.9. The van der Waals surface area contributed by atoms with Gasteiger partial charge in [0.1, 0.15) is 0 Å². The fraction of sp³-hybridized carbons (Fsp3) is 0.976. The number of hydrogen-bond acceptors (Lipinski definition) is 7. The molecule has 3 atom stereocenters.